The van der Waals surface area contributed by atoms with Gasteiger partial charge >= 0.3 is 0 Å². The maximum atomic E-state index is 12.2. The second kappa shape index (κ2) is 17.6. The van der Waals surface area contributed by atoms with Crippen LogP contribution in [-0.4, -0.2) is 37.8 Å². The van der Waals surface area contributed by atoms with Crippen LogP contribution in [0, 0.1) is 0 Å². The quantitative estimate of drug-likeness (QED) is 0.0395. The van der Waals surface area contributed by atoms with Gasteiger partial charge in [-0.2, -0.15) is 16.8 Å². The highest BCUT2D eigenvalue weighted by Crippen LogP contribution is 2.26. The smallest absolute Gasteiger partial charge is 0.295 e. The summed E-state index contributed by atoms with van der Waals surface area (Å²) >= 11 is 0. The van der Waals surface area contributed by atoms with Crippen molar-refractivity contribution in [3.63, 3.8) is 0 Å². The van der Waals surface area contributed by atoms with Gasteiger partial charge in [-0.15, -0.1) is 0 Å². The maximum absolute atomic E-state index is 12.2. The summed E-state index contributed by atoms with van der Waals surface area (Å²) in [6, 6.07) is 33.3. The van der Waals surface area contributed by atoms with Gasteiger partial charge in [-0.1, -0.05) is 84.9 Å². The molecule has 5 aromatic carbocycles. The minimum atomic E-state index is -4.70. The third kappa shape index (κ3) is 12.2. The Morgan fingerprint density at radius 3 is 1.38 bits per heavy atom. The summed E-state index contributed by atoms with van der Waals surface area (Å²) in [4.78, 5) is 22.8. The Labute approximate surface area is 301 Å². The number of anilines is 4. The fourth-order valence-corrected chi connectivity index (χ4v) is 5.90. The minimum Gasteiger partial charge on any atom is -0.399 e. The zero-order chi connectivity index (χ0) is 37.7. The number of nitrogen functional groups attached to an aromatic ring is 2. The average molecular weight is 739 g/mol. The molecular weight excluding hydrogens is 705 g/mol. The first kappa shape index (κ1) is 38.5. The van der Waals surface area contributed by atoms with Crippen LogP contribution in [-0.2, 0) is 29.8 Å². The molecule has 0 radical (unpaired) electrons. The highest BCUT2D eigenvalue weighted by molar-refractivity contribution is 7.86. The van der Waals surface area contributed by atoms with Crippen LogP contribution < -0.4 is 22.1 Å². The first-order chi connectivity index (χ1) is 24.7. The second-order valence-corrected chi connectivity index (χ2v) is 13.7. The molecule has 0 aliphatic rings. The van der Waals surface area contributed by atoms with Gasteiger partial charge in [0.15, 0.2) is 0 Å². The van der Waals surface area contributed by atoms with Crippen LogP contribution in [0.5, 0.6) is 0 Å². The molecule has 0 saturated carbocycles. The third-order valence-electron chi connectivity index (χ3n) is 6.95. The highest BCUT2D eigenvalue weighted by Gasteiger charge is 2.17. The summed E-state index contributed by atoms with van der Waals surface area (Å²) in [6.45, 7) is 0. The van der Waals surface area contributed by atoms with E-state index in [0.29, 0.717) is 5.69 Å². The van der Waals surface area contributed by atoms with Crippen molar-refractivity contribution in [1.82, 2.24) is 0 Å². The van der Waals surface area contributed by atoms with Crippen LogP contribution in [0.2, 0.25) is 0 Å². The number of hydrogen-bond acceptors (Lipinski definition) is 8. The number of rotatable bonds is 10. The van der Waals surface area contributed by atoms with Gasteiger partial charge in [0.2, 0.25) is 11.8 Å². The topological polar surface area (TPSA) is 219 Å². The monoisotopic (exact) mass is 738 g/mol. The van der Waals surface area contributed by atoms with E-state index in [1.54, 1.807) is 48.6 Å². The molecule has 0 unspecified atom stereocenters. The Kier molecular flexibility index (Phi) is 13.0. The lowest BCUT2D eigenvalue weighted by atomic mass is 10.1. The highest BCUT2D eigenvalue weighted by atomic mass is 32.2. The summed E-state index contributed by atoms with van der Waals surface area (Å²) in [5, 5.41) is 5.27. The molecule has 0 heterocycles. The second-order valence-electron chi connectivity index (χ2n) is 10.9. The van der Waals surface area contributed by atoms with Gasteiger partial charge < -0.3 is 22.1 Å². The predicted octanol–water partition coefficient (Wildman–Crippen LogP) is 6.51. The van der Waals surface area contributed by atoms with Gasteiger partial charge in [0.05, 0.1) is 0 Å². The largest absolute Gasteiger partial charge is 0.399 e. The zero-order valence-corrected chi connectivity index (χ0v) is 29.0. The molecule has 0 spiro atoms. The van der Waals surface area contributed by atoms with Crippen molar-refractivity contribution in [2.24, 2.45) is 0 Å². The van der Waals surface area contributed by atoms with Crippen molar-refractivity contribution in [2.75, 3.05) is 22.1 Å². The fraction of sp³-hybridized carbons (Fsp3) is 0. The molecule has 0 aliphatic carbocycles. The zero-order valence-electron chi connectivity index (χ0n) is 27.3. The minimum absolute atomic E-state index is 0.0124. The molecule has 0 atom stereocenters. The Morgan fingerprint density at radius 2 is 0.904 bits per heavy atom. The summed E-state index contributed by atoms with van der Waals surface area (Å²) in [5.41, 5.74) is 14.6. The molecular formula is C38H34N4O8S2. The van der Waals surface area contributed by atoms with Crippen molar-refractivity contribution in [3.05, 3.63) is 156 Å². The van der Waals surface area contributed by atoms with Gasteiger partial charge in [-0.05, 0) is 82.9 Å². The van der Waals surface area contributed by atoms with Crippen LogP contribution in [0.4, 0.5) is 22.7 Å². The van der Waals surface area contributed by atoms with E-state index in [9.17, 15) is 35.5 Å². The third-order valence-corrected chi connectivity index (χ3v) is 8.77. The number of nitrogens with one attached hydrogen (secondary N) is 2. The lowest BCUT2D eigenvalue weighted by molar-refractivity contribution is -0.112. The van der Waals surface area contributed by atoms with Crippen LogP contribution in [0.3, 0.4) is 0 Å². The number of hydrogen-bond donors (Lipinski definition) is 6. The van der Waals surface area contributed by atoms with Crippen molar-refractivity contribution in [3.8, 4) is 0 Å². The standard InChI is InChI=1S/C23H20N2O7S2.C15H14N2O/c24-19-11-9-17(21(14-19)33(27,28)29)7-8-18-10-12-20(15-22(18)34(30,31)32)25-23(26)13-6-16-4-2-1-3-5-16;16-13-7-9-14(10-8-13)17-15(18)11-6-12-4-2-1-3-5-12/h1-15H,24H2,(H,25,26)(H,27,28,29)(H,30,31,32);1-11H,16H2,(H,17,18)/b8-7+,13-6+;11-6+. The van der Waals surface area contributed by atoms with E-state index < -0.39 is 35.9 Å². The van der Waals surface area contributed by atoms with Crippen LogP contribution >= 0.6 is 0 Å². The SMILES string of the molecule is Nc1ccc(/C=C/c2ccc(NC(=O)/C=C/c3ccccc3)cc2S(=O)(=O)O)c(S(=O)(=O)O)c1.Nc1ccc(NC(=O)/C=C/c2ccccc2)cc1. The molecule has 0 saturated heterocycles. The van der Waals surface area contributed by atoms with Crippen LogP contribution in [0.15, 0.2) is 143 Å². The normalized spacial score (nSPS) is 11.7. The maximum Gasteiger partial charge on any atom is 0.295 e. The summed E-state index contributed by atoms with van der Waals surface area (Å²) in [5.74, 6) is -0.684. The van der Waals surface area contributed by atoms with E-state index in [4.69, 9.17) is 11.5 Å². The molecule has 5 rings (SSSR count). The first-order valence-electron chi connectivity index (χ1n) is 15.3. The summed E-state index contributed by atoms with van der Waals surface area (Å²) in [7, 11) is -9.30. The lowest BCUT2D eigenvalue weighted by Crippen LogP contribution is -2.09. The van der Waals surface area contributed by atoms with Crippen molar-refractivity contribution in [1.29, 1.82) is 0 Å². The van der Waals surface area contributed by atoms with Crippen molar-refractivity contribution in [2.45, 2.75) is 9.79 Å². The van der Waals surface area contributed by atoms with Gasteiger partial charge in [0, 0.05) is 34.9 Å². The van der Waals surface area contributed by atoms with Gasteiger partial charge in [-0.3, -0.25) is 18.7 Å². The van der Waals surface area contributed by atoms with Gasteiger partial charge in [0.25, 0.3) is 20.2 Å². The number of amides is 2. The first-order valence-corrected chi connectivity index (χ1v) is 18.2. The van der Waals surface area contributed by atoms with Crippen LogP contribution in [0.1, 0.15) is 22.3 Å². The van der Waals surface area contributed by atoms with E-state index >= 15 is 0 Å². The van der Waals surface area contributed by atoms with E-state index in [2.05, 4.69) is 10.6 Å². The number of carbonyl (C=O) groups is 2. The molecule has 0 fully saturated rings. The van der Waals surface area contributed by atoms with Crippen molar-refractivity contribution < 1.29 is 35.5 Å². The number of nitrogens with two attached hydrogens (primary N) is 2. The molecule has 8 N–H and O–H groups in total. The summed E-state index contributed by atoms with van der Waals surface area (Å²) in [6.07, 6.45) is 8.61. The molecule has 0 aromatic heterocycles. The Hall–Kier alpha value is -6.32. The molecule has 2 amide bonds. The fourth-order valence-electron chi connectivity index (χ4n) is 4.47. The van der Waals surface area contributed by atoms with E-state index in [1.165, 1.54) is 48.6 Å². The Balaban J connectivity index is 0.000000281. The summed E-state index contributed by atoms with van der Waals surface area (Å²) < 4.78 is 66.2. The Bertz CT molecular complexity index is 2340. The van der Waals surface area contributed by atoms with E-state index in [0.717, 1.165) is 28.9 Å². The molecule has 266 valence electrons. The lowest BCUT2D eigenvalue weighted by Gasteiger charge is -2.08. The predicted molar refractivity (Wildman–Crippen MR) is 205 cm³/mol. The van der Waals surface area contributed by atoms with Crippen LogP contribution in [0.25, 0.3) is 24.3 Å². The van der Waals surface area contributed by atoms with Gasteiger partial charge in [0.1, 0.15) is 9.79 Å². The molecule has 0 bridgehead atoms. The molecule has 12 nitrogen and oxygen atoms in total. The average Bonchev–Trinajstić information content (AvgIpc) is 3.11. The molecule has 0 aliphatic heterocycles. The van der Waals surface area contributed by atoms with Crippen molar-refractivity contribution >= 4 is 79.1 Å². The van der Waals surface area contributed by atoms with E-state index in [-0.39, 0.29) is 28.4 Å². The van der Waals surface area contributed by atoms with Gasteiger partial charge in [-0.25, -0.2) is 0 Å². The number of benzene rings is 5. The Morgan fingerprint density at radius 1 is 0.500 bits per heavy atom. The molecule has 14 heteroatoms. The molecule has 5 aromatic rings. The number of carbonyl (C=O) groups excluding carboxylic acids is 2. The van der Waals surface area contributed by atoms with E-state index in [1.807, 2.05) is 48.5 Å². The molecule has 52 heavy (non-hydrogen) atoms.